The Kier molecular flexibility index (Phi) is 7.43. The molecule has 2 saturated heterocycles. The fraction of sp³-hybridized carbons (Fsp3) is 0.667. The fourth-order valence-corrected chi connectivity index (χ4v) is 4.40. The average Bonchev–Trinajstić information content (AvgIpc) is 3.22. The molecule has 3 rings (SSSR count). The second-order valence-corrected chi connectivity index (χ2v) is 8.18. The van der Waals surface area contributed by atoms with Gasteiger partial charge in [0.05, 0.1) is 13.7 Å². The summed E-state index contributed by atoms with van der Waals surface area (Å²) in [6.45, 7) is 4.85. The van der Waals surface area contributed by atoms with Crippen molar-refractivity contribution in [1.82, 2.24) is 10.2 Å². The van der Waals surface area contributed by atoms with Gasteiger partial charge in [-0.1, -0.05) is 11.6 Å². The molecule has 0 amide bonds. The normalized spacial score (nSPS) is 22.1. The van der Waals surface area contributed by atoms with Gasteiger partial charge in [0.25, 0.3) is 0 Å². The van der Waals surface area contributed by atoms with Crippen molar-refractivity contribution in [3.8, 4) is 5.75 Å². The number of guanidine groups is 1. The van der Waals surface area contributed by atoms with Crippen LogP contribution in [-0.4, -0.2) is 71.6 Å². The number of rotatable bonds is 6. The van der Waals surface area contributed by atoms with Gasteiger partial charge in [0.15, 0.2) is 5.96 Å². The number of halogens is 1. The minimum Gasteiger partial charge on any atom is -0.496 e. The number of hydrogen-bond acceptors (Lipinski definition) is 4. The monoisotopic (exact) mass is 409 g/mol. The van der Waals surface area contributed by atoms with E-state index in [4.69, 9.17) is 25.8 Å². The number of aliphatic imine (C=N–C) groups is 1. The molecule has 0 aliphatic carbocycles. The summed E-state index contributed by atoms with van der Waals surface area (Å²) in [5.41, 5.74) is 1.03. The Balaban J connectivity index is 1.76. The Hall–Kier alpha value is -1.50. The Bertz CT molecular complexity index is 671. The summed E-state index contributed by atoms with van der Waals surface area (Å²) in [4.78, 5) is 6.70. The van der Waals surface area contributed by atoms with Crippen molar-refractivity contribution in [3.63, 3.8) is 0 Å². The zero-order chi connectivity index (χ0) is 20.0. The maximum atomic E-state index is 6.34. The van der Waals surface area contributed by atoms with Crippen LogP contribution < -0.4 is 10.1 Å². The molecule has 1 N–H and O–H groups in total. The van der Waals surface area contributed by atoms with E-state index in [9.17, 15) is 0 Å². The maximum Gasteiger partial charge on any atom is 0.193 e. The second kappa shape index (κ2) is 9.81. The molecule has 156 valence electrons. The molecule has 1 atom stereocenters. The molecule has 0 spiro atoms. The van der Waals surface area contributed by atoms with Crippen LogP contribution in [0.5, 0.6) is 5.75 Å². The van der Waals surface area contributed by atoms with Crippen LogP contribution in [0.3, 0.4) is 0 Å². The number of methoxy groups -OCH3 is 1. The van der Waals surface area contributed by atoms with E-state index in [0.29, 0.717) is 5.92 Å². The molecule has 0 radical (unpaired) electrons. The third-order valence-corrected chi connectivity index (χ3v) is 6.13. The number of ether oxygens (including phenoxy) is 3. The molecule has 2 aliphatic heterocycles. The van der Waals surface area contributed by atoms with Crippen molar-refractivity contribution in [3.05, 3.63) is 28.8 Å². The van der Waals surface area contributed by atoms with E-state index in [2.05, 4.69) is 22.3 Å². The van der Waals surface area contributed by atoms with Gasteiger partial charge in [-0.25, -0.2) is 0 Å². The van der Waals surface area contributed by atoms with E-state index in [1.54, 1.807) is 7.11 Å². The Labute approximate surface area is 173 Å². The molecule has 28 heavy (non-hydrogen) atoms. The predicted octanol–water partition coefficient (Wildman–Crippen LogP) is 2.94. The number of hydrogen-bond donors (Lipinski definition) is 1. The first-order valence-corrected chi connectivity index (χ1v) is 10.4. The second-order valence-electron chi connectivity index (χ2n) is 7.75. The summed E-state index contributed by atoms with van der Waals surface area (Å²) in [6, 6.07) is 5.87. The van der Waals surface area contributed by atoms with Crippen LogP contribution in [0.15, 0.2) is 23.2 Å². The summed E-state index contributed by atoms with van der Waals surface area (Å²) in [7, 11) is 5.63. The van der Waals surface area contributed by atoms with Gasteiger partial charge in [-0.3, -0.25) is 4.99 Å². The first-order valence-electron chi connectivity index (χ1n) is 9.99. The molecule has 7 heteroatoms. The molecule has 0 aromatic heterocycles. The highest BCUT2D eigenvalue weighted by Crippen LogP contribution is 2.40. The van der Waals surface area contributed by atoms with Gasteiger partial charge in [0, 0.05) is 68.9 Å². The quantitative estimate of drug-likeness (QED) is 0.578. The largest absolute Gasteiger partial charge is 0.496 e. The van der Waals surface area contributed by atoms with E-state index >= 15 is 0 Å². The minimum atomic E-state index is -0.109. The third-order valence-electron chi connectivity index (χ3n) is 5.90. The predicted molar refractivity (Wildman–Crippen MR) is 113 cm³/mol. The lowest BCUT2D eigenvalue weighted by molar-refractivity contribution is 0.0503. The first-order chi connectivity index (χ1) is 13.6. The van der Waals surface area contributed by atoms with Gasteiger partial charge in [-0.15, -0.1) is 0 Å². The molecular formula is C21H32ClN3O3. The molecule has 2 fully saturated rings. The number of nitrogens with one attached hydrogen (secondary N) is 1. The molecule has 2 aliphatic rings. The number of benzene rings is 1. The number of nitrogens with zero attached hydrogens (tertiary/aromatic N) is 2. The van der Waals surface area contributed by atoms with E-state index in [1.165, 1.54) is 0 Å². The Morgan fingerprint density at radius 3 is 2.75 bits per heavy atom. The van der Waals surface area contributed by atoms with Crippen LogP contribution in [0, 0.1) is 5.92 Å². The molecule has 2 heterocycles. The molecule has 1 aromatic rings. The fourth-order valence-electron chi connectivity index (χ4n) is 4.23. The topological polar surface area (TPSA) is 55.3 Å². The summed E-state index contributed by atoms with van der Waals surface area (Å²) in [5, 5.41) is 4.33. The van der Waals surface area contributed by atoms with Crippen LogP contribution in [0.25, 0.3) is 0 Å². The maximum absolute atomic E-state index is 6.34. The van der Waals surface area contributed by atoms with Gasteiger partial charge in [-0.05, 0) is 37.5 Å². The Morgan fingerprint density at radius 1 is 1.32 bits per heavy atom. The van der Waals surface area contributed by atoms with Gasteiger partial charge in [0.2, 0.25) is 0 Å². The van der Waals surface area contributed by atoms with Crippen molar-refractivity contribution < 1.29 is 14.2 Å². The van der Waals surface area contributed by atoms with E-state index in [0.717, 1.165) is 81.1 Å². The molecule has 1 aromatic carbocycles. The first kappa shape index (κ1) is 21.2. The standard InChI is InChI=1S/C21H32ClN3O3/c1-23-20(25(2)13-16-6-9-28-14-16)24-15-21(7-10-27-11-8-21)18-12-17(22)4-5-19(18)26-3/h4-5,12,16H,6-11,13-15H2,1-3H3,(H,23,24). The van der Waals surface area contributed by atoms with Gasteiger partial charge < -0.3 is 24.4 Å². The lowest BCUT2D eigenvalue weighted by atomic mass is 9.73. The summed E-state index contributed by atoms with van der Waals surface area (Å²) in [6.07, 6.45) is 2.93. The van der Waals surface area contributed by atoms with Gasteiger partial charge in [0.1, 0.15) is 5.75 Å². The smallest absolute Gasteiger partial charge is 0.193 e. The van der Waals surface area contributed by atoms with Gasteiger partial charge in [-0.2, -0.15) is 0 Å². The SMILES string of the molecule is CN=C(NCC1(c2cc(Cl)ccc2OC)CCOCC1)N(C)CC1CCOC1. The zero-order valence-corrected chi connectivity index (χ0v) is 17.9. The highest BCUT2D eigenvalue weighted by molar-refractivity contribution is 6.30. The average molecular weight is 410 g/mol. The molecule has 0 bridgehead atoms. The van der Waals surface area contributed by atoms with Gasteiger partial charge >= 0.3 is 0 Å². The zero-order valence-electron chi connectivity index (χ0n) is 17.2. The van der Waals surface area contributed by atoms with E-state index < -0.39 is 0 Å². The summed E-state index contributed by atoms with van der Waals surface area (Å²) >= 11 is 6.34. The molecular weight excluding hydrogens is 378 g/mol. The highest BCUT2D eigenvalue weighted by atomic mass is 35.5. The minimum absolute atomic E-state index is 0.109. The summed E-state index contributed by atoms with van der Waals surface area (Å²) in [5.74, 6) is 2.34. The molecule has 6 nitrogen and oxygen atoms in total. The Morgan fingerprint density at radius 2 is 2.11 bits per heavy atom. The van der Waals surface area contributed by atoms with Crippen molar-refractivity contribution in [2.75, 3.05) is 60.7 Å². The molecule has 0 saturated carbocycles. The van der Waals surface area contributed by atoms with Crippen LogP contribution in [-0.2, 0) is 14.9 Å². The molecule has 1 unspecified atom stereocenters. The van der Waals surface area contributed by atoms with Crippen LogP contribution in [0.2, 0.25) is 5.02 Å². The third kappa shape index (κ3) is 4.91. The summed E-state index contributed by atoms with van der Waals surface area (Å²) < 4.78 is 16.8. The van der Waals surface area contributed by atoms with Crippen molar-refractivity contribution in [1.29, 1.82) is 0 Å². The van der Waals surface area contributed by atoms with E-state index in [-0.39, 0.29) is 5.41 Å². The lowest BCUT2D eigenvalue weighted by Crippen LogP contribution is -2.49. The van der Waals surface area contributed by atoms with Crippen LogP contribution in [0.1, 0.15) is 24.8 Å². The lowest BCUT2D eigenvalue weighted by Gasteiger charge is -2.39. The van der Waals surface area contributed by atoms with Crippen molar-refractivity contribution in [2.45, 2.75) is 24.7 Å². The van der Waals surface area contributed by atoms with Crippen molar-refractivity contribution in [2.24, 2.45) is 10.9 Å². The van der Waals surface area contributed by atoms with E-state index in [1.807, 2.05) is 25.2 Å². The highest BCUT2D eigenvalue weighted by Gasteiger charge is 2.37. The van der Waals surface area contributed by atoms with Crippen LogP contribution >= 0.6 is 11.6 Å². The van der Waals surface area contributed by atoms with Crippen LogP contribution in [0.4, 0.5) is 0 Å². The van der Waals surface area contributed by atoms with Crippen molar-refractivity contribution >= 4 is 17.6 Å².